The lowest BCUT2D eigenvalue weighted by Gasteiger charge is -2.36. The Hall–Kier alpha value is -0.610. The molecule has 21 heavy (non-hydrogen) atoms. The number of unbranched alkanes of at least 4 members (excludes halogenated alkanes) is 2. The average Bonchev–Trinajstić information content (AvgIpc) is 3.33. The minimum Gasteiger partial charge on any atom is -0.355 e. The van der Waals surface area contributed by atoms with Crippen molar-refractivity contribution >= 4 is 5.91 Å². The normalized spacial score (nSPS) is 24.8. The summed E-state index contributed by atoms with van der Waals surface area (Å²) >= 11 is 0. The Labute approximate surface area is 130 Å². The number of hydrogen-bond donors (Lipinski definition) is 2. The van der Waals surface area contributed by atoms with Crippen LogP contribution in [0.3, 0.4) is 0 Å². The molecule has 0 aromatic carbocycles. The standard InChI is InChI=1S/C17H33N3O/c1-3-4-5-10-18-17(21)14(2)20-11-6-7-15(13-20)12-19-16-8-9-16/h14-16,19H,3-13H2,1-2H3,(H,18,21). The Morgan fingerprint density at radius 1 is 1.29 bits per heavy atom. The first-order valence-corrected chi connectivity index (χ1v) is 8.95. The lowest BCUT2D eigenvalue weighted by molar-refractivity contribution is -0.126. The van der Waals surface area contributed by atoms with Gasteiger partial charge in [-0.05, 0) is 58.0 Å². The van der Waals surface area contributed by atoms with E-state index in [1.54, 1.807) is 0 Å². The van der Waals surface area contributed by atoms with Crippen molar-refractivity contribution in [1.29, 1.82) is 0 Å². The van der Waals surface area contributed by atoms with E-state index < -0.39 is 0 Å². The Morgan fingerprint density at radius 2 is 2.10 bits per heavy atom. The summed E-state index contributed by atoms with van der Waals surface area (Å²) in [6.07, 6.45) is 8.74. The van der Waals surface area contributed by atoms with Crippen LogP contribution in [0.2, 0.25) is 0 Å². The molecule has 2 aliphatic rings. The van der Waals surface area contributed by atoms with Crippen LogP contribution < -0.4 is 10.6 Å². The van der Waals surface area contributed by atoms with Crippen molar-refractivity contribution in [3.05, 3.63) is 0 Å². The molecule has 4 heteroatoms. The third-order valence-corrected chi connectivity index (χ3v) is 4.83. The fourth-order valence-electron chi connectivity index (χ4n) is 3.14. The molecule has 1 saturated heterocycles. The number of piperidine rings is 1. The molecule has 2 fully saturated rings. The van der Waals surface area contributed by atoms with Gasteiger partial charge in [-0.15, -0.1) is 0 Å². The van der Waals surface area contributed by atoms with Crippen molar-refractivity contribution in [2.45, 2.75) is 70.9 Å². The number of rotatable bonds is 9. The van der Waals surface area contributed by atoms with Gasteiger partial charge in [-0.25, -0.2) is 0 Å². The molecule has 0 spiro atoms. The minimum atomic E-state index is 0.0235. The molecule has 1 heterocycles. The number of carbonyl (C=O) groups excluding carboxylic acids is 1. The number of likely N-dealkylation sites (tertiary alicyclic amines) is 1. The maximum Gasteiger partial charge on any atom is 0.237 e. The predicted octanol–water partition coefficient (Wildman–Crippen LogP) is 2.15. The molecular weight excluding hydrogens is 262 g/mol. The monoisotopic (exact) mass is 295 g/mol. The second-order valence-corrected chi connectivity index (χ2v) is 6.86. The third kappa shape index (κ3) is 5.95. The fraction of sp³-hybridized carbons (Fsp3) is 0.941. The Bertz CT molecular complexity index is 317. The highest BCUT2D eigenvalue weighted by Gasteiger charge is 2.28. The summed E-state index contributed by atoms with van der Waals surface area (Å²) in [5.74, 6) is 0.927. The van der Waals surface area contributed by atoms with Gasteiger partial charge in [0.2, 0.25) is 5.91 Å². The molecule has 0 aromatic rings. The van der Waals surface area contributed by atoms with Crippen molar-refractivity contribution in [3.8, 4) is 0 Å². The largest absolute Gasteiger partial charge is 0.355 e. The van der Waals surface area contributed by atoms with Crippen LogP contribution in [0.15, 0.2) is 0 Å². The summed E-state index contributed by atoms with van der Waals surface area (Å²) in [6, 6.07) is 0.815. The summed E-state index contributed by atoms with van der Waals surface area (Å²) in [6.45, 7) is 8.36. The average molecular weight is 295 g/mol. The van der Waals surface area contributed by atoms with Crippen LogP contribution in [0, 0.1) is 5.92 Å². The van der Waals surface area contributed by atoms with Gasteiger partial charge in [0.15, 0.2) is 0 Å². The molecule has 1 aliphatic carbocycles. The number of amides is 1. The van der Waals surface area contributed by atoms with Crippen LogP contribution in [0.4, 0.5) is 0 Å². The topological polar surface area (TPSA) is 44.4 Å². The van der Waals surface area contributed by atoms with Gasteiger partial charge in [0.1, 0.15) is 0 Å². The van der Waals surface area contributed by atoms with E-state index in [1.165, 1.54) is 38.5 Å². The van der Waals surface area contributed by atoms with E-state index in [0.717, 1.165) is 44.6 Å². The van der Waals surface area contributed by atoms with Crippen molar-refractivity contribution < 1.29 is 4.79 Å². The minimum absolute atomic E-state index is 0.0235. The molecule has 4 nitrogen and oxygen atoms in total. The lowest BCUT2D eigenvalue weighted by Crippen LogP contribution is -2.50. The first-order chi connectivity index (χ1) is 10.2. The van der Waals surface area contributed by atoms with Crippen molar-refractivity contribution in [2.24, 2.45) is 5.92 Å². The first-order valence-electron chi connectivity index (χ1n) is 8.95. The molecule has 1 saturated carbocycles. The molecule has 0 radical (unpaired) electrons. The van der Waals surface area contributed by atoms with Crippen LogP contribution in [0.25, 0.3) is 0 Å². The van der Waals surface area contributed by atoms with Gasteiger partial charge >= 0.3 is 0 Å². The zero-order valence-corrected chi connectivity index (χ0v) is 13.9. The van der Waals surface area contributed by atoms with E-state index >= 15 is 0 Å². The van der Waals surface area contributed by atoms with E-state index in [-0.39, 0.29) is 11.9 Å². The molecule has 2 rings (SSSR count). The first kappa shape index (κ1) is 16.8. The summed E-state index contributed by atoms with van der Waals surface area (Å²) < 4.78 is 0. The van der Waals surface area contributed by atoms with Gasteiger partial charge in [0.05, 0.1) is 6.04 Å². The van der Waals surface area contributed by atoms with Gasteiger partial charge in [0.25, 0.3) is 0 Å². The van der Waals surface area contributed by atoms with Gasteiger partial charge in [0, 0.05) is 19.1 Å². The van der Waals surface area contributed by atoms with Crippen LogP contribution in [-0.4, -0.2) is 49.1 Å². The van der Waals surface area contributed by atoms with Crippen LogP contribution in [0.5, 0.6) is 0 Å². The molecule has 2 atom stereocenters. The van der Waals surface area contributed by atoms with Crippen LogP contribution in [-0.2, 0) is 4.79 Å². The second-order valence-electron chi connectivity index (χ2n) is 6.86. The predicted molar refractivity (Wildman–Crippen MR) is 87.3 cm³/mol. The summed E-state index contributed by atoms with van der Waals surface area (Å²) in [4.78, 5) is 14.6. The highest BCUT2D eigenvalue weighted by atomic mass is 16.2. The summed E-state index contributed by atoms with van der Waals surface area (Å²) in [5.41, 5.74) is 0. The van der Waals surface area contributed by atoms with E-state index in [0.29, 0.717) is 0 Å². The van der Waals surface area contributed by atoms with Crippen molar-refractivity contribution in [2.75, 3.05) is 26.2 Å². The molecule has 0 bridgehead atoms. The smallest absolute Gasteiger partial charge is 0.237 e. The second kappa shape index (κ2) is 8.74. The lowest BCUT2D eigenvalue weighted by atomic mass is 9.96. The van der Waals surface area contributed by atoms with Crippen LogP contribution in [0.1, 0.15) is 58.8 Å². The molecule has 0 aromatic heterocycles. The zero-order chi connectivity index (χ0) is 15.1. The highest BCUT2D eigenvalue weighted by molar-refractivity contribution is 5.81. The van der Waals surface area contributed by atoms with E-state index in [2.05, 4.69) is 29.4 Å². The quantitative estimate of drug-likeness (QED) is 0.641. The van der Waals surface area contributed by atoms with Gasteiger partial charge in [-0.2, -0.15) is 0 Å². The maximum atomic E-state index is 12.2. The molecule has 1 aliphatic heterocycles. The summed E-state index contributed by atoms with van der Waals surface area (Å²) in [7, 11) is 0. The molecule has 1 amide bonds. The van der Waals surface area contributed by atoms with E-state index in [1.807, 2.05) is 0 Å². The SMILES string of the molecule is CCCCCNC(=O)C(C)N1CCCC(CNC2CC2)C1. The van der Waals surface area contributed by atoms with Crippen molar-refractivity contribution in [1.82, 2.24) is 15.5 Å². The molecular formula is C17H33N3O. The third-order valence-electron chi connectivity index (χ3n) is 4.83. The van der Waals surface area contributed by atoms with E-state index in [9.17, 15) is 4.79 Å². The zero-order valence-electron chi connectivity index (χ0n) is 13.9. The highest BCUT2D eigenvalue weighted by Crippen LogP contribution is 2.22. The number of carbonyl (C=O) groups is 1. The molecule has 122 valence electrons. The Morgan fingerprint density at radius 3 is 2.81 bits per heavy atom. The van der Waals surface area contributed by atoms with Gasteiger partial charge in [-0.3, -0.25) is 9.69 Å². The Kier molecular flexibility index (Phi) is 6.97. The van der Waals surface area contributed by atoms with Gasteiger partial charge < -0.3 is 10.6 Å². The van der Waals surface area contributed by atoms with Gasteiger partial charge in [-0.1, -0.05) is 19.8 Å². The van der Waals surface area contributed by atoms with Crippen LogP contribution >= 0.6 is 0 Å². The number of hydrogen-bond acceptors (Lipinski definition) is 3. The summed E-state index contributed by atoms with van der Waals surface area (Å²) in [5, 5.41) is 6.73. The number of nitrogens with zero attached hydrogens (tertiary/aromatic N) is 1. The molecule has 2 unspecified atom stereocenters. The Balaban J connectivity index is 1.67. The fourth-order valence-corrected chi connectivity index (χ4v) is 3.14. The number of nitrogens with one attached hydrogen (secondary N) is 2. The van der Waals surface area contributed by atoms with Crippen molar-refractivity contribution in [3.63, 3.8) is 0 Å². The van der Waals surface area contributed by atoms with E-state index in [4.69, 9.17) is 0 Å². The molecule has 2 N–H and O–H groups in total. The maximum absolute atomic E-state index is 12.2.